The molecule has 0 saturated carbocycles. The summed E-state index contributed by atoms with van der Waals surface area (Å²) >= 11 is 3.06. The third-order valence-corrected chi connectivity index (χ3v) is 9.19. The zero-order chi connectivity index (χ0) is 26.8. The van der Waals surface area contributed by atoms with E-state index < -0.39 is 6.09 Å². The Bertz CT molecular complexity index is 1470. The first kappa shape index (κ1) is 26.3. The van der Waals surface area contributed by atoms with Crippen molar-refractivity contribution in [1.29, 1.82) is 0 Å². The van der Waals surface area contributed by atoms with Crippen LogP contribution in [0.15, 0.2) is 42.7 Å². The summed E-state index contributed by atoms with van der Waals surface area (Å²) in [5.74, 6) is -0.0649. The van der Waals surface area contributed by atoms with Crippen molar-refractivity contribution in [3.63, 3.8) is 0 Å². The van der Waals surface area contributed by atoms with E-state index in [1.165, 1.54) is 16.2 Å². The van der Waals surface area contributed by atoms with E-state index in [0.29, 0.717) is 32.0 Å². The maximum atomic E-state index is 12.9. The minimum atomic E-state index is -0.927. The fourth-order valence-corrected chi connectivity index (χ4v) is 7.00. The Morgan fingerprint density at radius 3 is 2.71 bits per heavy atom. The van der Waals surface area contributed by atoms with Gasteiger partial charge in [-0.15, -0.1) is 22.7 Å². The maximum absolute atomic E-state index is 12.9. The summed E-state index contributed by atoms with van der Waals surface area (Å²) in [7, 11) is 0. The molecule has 1 aliphatic heterocycles. The summed E-state index contributed by atoms with van der Waals surface area (Å²) in [5, 5.41) is 17.8. The number of amides is 2. The molecule has 1 aromatic carbocycles. The van der Waals surface area contributed by atoms with E-state index in [-0.39, 0.29) is 11.9 Å². The van der Waals surface area contributed by atoms with E-state index in [1.54, 1.807) is 23.7 Å². The fraction of sp³-hybridized carbons (Fsp3) is 0.357. The molecule has 2 amide bonds. The molecule has 0 radical (unpaired) electrons. The molecule has 5 rings (SSSR count). The molecule has 2 atom stereocenters. The van der Waals surface area contributed by atoms with Crippen molar-refractivity contribution in [2.24, 2.45) is 0 Å². The van der Waals surface area contributed by atoms with Crippen LogP contribution in [0.4, 0.5) is 9.80 Å². The Balaban J connectivity index is 1.50. The van der Waals surface area contributed by atoms with Crippen LogP contribution in [0.5, 0.6) is 0 Å². The number of hydrogen-bond donors (Lipinski definition) is 3. The second kappa shape index (κ2) is 11.2. The first-order chi connectivity index (χ1) is 18.3. The van der Waals surface area contributed by atoms with Crippen LogP contribution in [0.1, 0.15) is 44.1 Å². The number of aromatic nitrogens is 2. The number of fused-ring (bicyclic) bond motifs is 2. The molecule has 0 fully saturated rings. The van der Waals surface area contributed by atoms with E-state index in [1.807, 2.05) is 19.1 Å². The minimum Gasteiger partial charge on any atom is -0.465 e. The number of pyridine rings is 1. The van der Waals surface area contributed by atoms with Crippen LogP contribution in [-0.2, 0) is 17.8 Å². The number of carbonyl (C=O) groups is 2. The highest BCUT2D eigenvalue weighted by Crippen LogP contribution is 2.46. The van der Waals surface area contributed by atoms with Gasteiger partial charge in [-0.25, -0.2) is 9.78 Å². The number of thiazole rings is 1. The van der Waals surface area contributed by atoms with Crippen molar-refractivity contribution in [3.8, 4) is 21.7 Å². The third-order valence-electron chi connectivity index (χ3n) is 7.01. The molecule has 0 aliphatic carbocycles. The van der Waals surface area contributed by atoms with Crippen LogP contribution >= 0.6 is 22.7 Å². The highest BCUT2D eigenvalue weighted by atomic mass is 32.1. The fourth-order valence-electron chi connectivity index (χ4n) is 4.67. The van der Waals surface area contributed by atoms with Crippen LogP contribution < -0.4 is 10.6 Å². The number of anilines is 1. The normalized spacial score (nSPS) is 15.9. The largest absolute Gasteiger partial charge is 0.465 e. The van der Waals surface area contributed by atoms with Gasteiger partial charge in [-0.05, 0) is 67.6 Å². The third kappa shape index (κ3) is 5.43. The topological polar surface area (TPSA) is 107 Å². The van der Waals surface area contributed by atoms with Gasteiger partial charge < -0.3 is 20.6 Å². The highest BCUT2D eigenvalue weighted by Gasteiger charge is 2.33. The van der Waals surface area contributed by atoms with Gasteiger partial charge in [0.25, 0.3) is 0 Å². The molecule has 8 nitrogen and oxygen atoms in total. The van der Waals surface area contributed by atoms with Crippen molar-refractivity contribution in [2.75, 3.05) is 11.9 Å². The Morgan fingerprint density at radius 1 is 1.18 bits per heavy atom. The predicted molar refractivity (Wildman–Crippen MR) is 154 cm³/mol. The van der Waals surface area contributed by atoms with E-state index >= 15 is 0 Å². The number of nitrogens with zero attached hydrogens (tertiary/aromatic N) is 3. The lowest BCUT2D eigenvalue weighted by Gasteiger charge is -2.31. The quantitative estimate of drug-likeness (QED) is 0.241. The van der Waals surface area contributed by atoms with Crippen molar-refractivity contribution in [2.45, 2.75) is 58.7 Å². The molecule has 0 bridgehead atoms. The Morgan fingerprint density at radius 2 is 1.97 bits per heavy atom. The Labute approximate surface area is 229 Å². The van der Waals surface area contributed by atoms with Crippen LogP contribution in [0, 0.1) is 0 Å². The summed E-state index contributed by atoms with van der Waals surface area (Å²) in [5.41, 5.74) is 5.05. The van der Waals surface area contributed by atoms with E-state index in [9.17, 15) is 14.7 Å². The number of thiophene rings is 1. The Hall–Kier alpha value is -3.34. The SMILES string of the molecule is CC[C@H](C)NCCC(=O)Nc1sc2c(c1-c1nc3cc(-c4ccncc4)ccc3s1)CC(C)N(C(=O)O)C2. The van der Waals surface area contributed by atoms with Crippen molar-refractivity contribution >= 4 is 49.9 Å². The van der Waals surface area contributed by atoms with Crippen molar-refractivity contribution in [3.05, 3.63) is 53.2 Å². The second-order valence-electron chi connectivity index (χ2n) is 9.67. The van der Waals surface area contributed by atoms with E-state index in [0.717, 1.165) is 53.8 Å². The molecule has 1 unspecified atom stereocenters. The molecule has 1 aliphatic rings. The molecule has 198 valence electrons. The van der Waals surface area contributed by atoms with Crippen LogP contribution in [0.3, 0.4) is 0 Å². The van der Waals surface area contributed by atoms with E-state index in [2.05, 4.69) is 47.7 Å². The number of carboxylic acid groups (broad SMARTS) is 1. The molecule has 10 heteroatoms. The summed E-state index contributed by atoms with van der Waals surface area (Å²) in [6, 6.07) is 10.4. The van der Waals surface area contributed by atoms with Gasteiger partial charge in [0.15, 0.2) is 0 Å². The molecule has 38 heavy (non-hydrogen) atoms. The first-order valence-corrected chi connectivity index (χ1v) is 14.5. The molecule has 3 N–H and O–H groups in total. The first-order valence-electron chi connectivity index (χ1n) is 12.8. The zero-order valence-electron chi connectivity index (χ0n) is 21.7. The Kier molecular flexibility index (Phi) is 7.73. The lowest BCUT2D eigenvalue weighted by molar-refractivity contribution is -0.116. The maximum Gasteiger partial charge on any atom is 0.407 e. The highest BCUT2D eigenvalue weighted by molar-refractivity contribution is 7.23. The lowest BCUT2D eigenvalue weighted by Crippen LogP contribution is -2.41. The molecule has 3 aromatic heterocycles. The average molecular weight is 550 g/mol. The zero-order valence-corrected chi connectivity index (χ0v) is 23.3. The van der Waals surface area contributed by atoms with Crippen LogP contribution in [-0.4, -0.2) is 50.6 Å². The van der Waals surface area contributed by atoms with Gasteiger partial charge in [0.1, 0.15) is 10.0 Å². The standard InChI is InChI=1S/C28H31N5O3S2/c1-4-16(2)30-12-9-24(34)32-27-25(20-13-17(3)33(28(35)36)15-23(20)38-27)26-31-21-14-19(5-6-22(21)37-26)18-7-10-29-11-8-18/h5-8,10-11,14,16-17,30H,4,9,12-13,15H2,1-3H3,(H,32,34)(H,35,36)/t16-,17?/m0/s1. The minimum absolute atomic E-state index is 0.0649. The van der Waals surface area contributed by atoms with Crippen molar-refractivity contribution < 1.29 is 14.7 Å². The van der Waals surface area contributed by atoms with Crippen LogP contribution in [0.2, 0.25) is 0 Å². The molecule has 0 spiro atoms. The molecular formula is C28H31N5O3S2. The molecule has 0 saturated heterocycles. The average Bonchev–Trinajstić information content (AvgIpc) is 3.47. The molecule has 4 heterocycles. The second-order valence-corrected chi connectivity index (χ2v) is 11.8. The van der Waals surface area contributed by atoms with Gasteiger partial charge in [-0.3, -0.25) is 9.78 Å². The molecule has 4 aromatic rings. The van der Waals surface area contributed by atoms with Gasteiger partial charge in [-0.2, -0.15) is 0 Å². The van der Waals surface area contributed by atoms with Crippen LogP contribution in [0.25, 0.3) is 31.9 Å². The number of rotatable bonds is 8. The number of benzene rings is 1. The van der Waals surface area contributed by atoms with Gasteiger partial charge >= 0.3 is 6.09 Å². The number of hydrogen-bond acceptors (Lipinski definition) is 7. The lowest BCUT2D eigenvalue weighted by atomic mass is 9.97. The number of carbonyl (C=O) groups excluding carboxylic acids is 1. The summed E-state index contributed by atoms with van der Waals surface area (Å²) < 4.78 is 1.06. The molecular weight excluding hydrogens is 518 g/mol. The summed E-state index contributed by atoms with van der Waals surface area (Å²) in [6.45, 7) is 7.05. The van der Waals surface area contributed by atoms with Crippen molar-refractivity contribution in [1.82, 2.24) is 20.2 Å². The smallest absolute Gasteiger partial charge is 0.407 e. The van der Waals surface area contributed by atoms with Gasteiger partial charge in [0, 0.05) is 47.9 Å². The van der Waals surface area contributed by atoms with E-state index in [4.69, 9.17) is 4.98 Å². The predicted octanol–water partition coefficient (Wildman–Crippen LogP) is 6.23. The van der Waals surface area contributed by atoms with Gasteiger partial charge in [0.2, 0.25) is 5.91 Å². The monoisotopic (exact) mass is 549 g/mol. The summed E-state index contributed by atoms with van der Waals surface area (Å²) in [6.07, 6.45) is 4.57. The van der Waals surface area contributed by atoms with Gasteiger partial charge in [0.05, 0.1) is 16.8 Å². The number of nitrogens with one attached hydrogen (secondary N) is 2. The van der Waals surface area contributed by atoms with Gasteiger partial charge in [-0.1, -0.05) is 13.0 Å². The summed E-state index contributed by atoms with van der Waals surface area (Å²) in [4.78, 5) is 36.3.